The highest BCUT2D eigenvalue weighted by atomic mass is 35.5. The zero-order valence-corrected chi connectivity index (χ0v) is 11.6. The van der Waals surface area contributed by atoms with Crippen LogP contribution in [0.3, 0.4) is 0 Å². The number of esters is 1. The van der Waals surface area contributed by atoms with Gasteiger partial charge in [0.15, 0.2) is 0 Å². The minimum absolute atomic E-state index is 0.0628. The quantitative estimate of drug-likeness (QED) is 0.753. The fraction of sp³-hybridized carbons (Fsp3) is 0.385. The van der Waals surface area contributed by atoms with Crippen LogP contribution in [0, 0.1) is 0 Å². The van der Waals surface area contributed by atoms with Crippen LogP contribution in [0.25, 0.3) is 0 Å². The van der Waals surface area contributed by atoms with Crippen molar-refractivity contribution in [3.8, 4) is 0 Å². The van der Waals surface area contributed by atoms with E-state index in [2.05, 4.69) is 0 Å². The molecule has 0 unspecified atom stereocenters. The number of hydrogen-bond acceptors (Lipinski definition) is 3. The number of carbonyl (C=O) groups is 2. The van der Waals surface area contributed by atoms with Crippen molar-refractivity contribution in [2.75, 3.05) is 6.61 Å². The standard InChI is InChI=1S/C13H14Cl2O3/c1-2-18-13(17)6-4-11(16)8-9-7-10(14)3-5-12(9)15/h3,5,7H,2,4,6,8H2,1H3. The molecule has 18 heavy (non-hydrogen) atoms. The predicted molar refractivity (Wildman–Crippen MR) is 71.0 cm³/mol. The molecule has 0 atom stereocenters. The minimum atomic E-state index is -0.358. The van der Waals surface area contributed by atoms with Crippen LogP contribution in [0.2, 0.25) is 10.0 Å². The Morgan fingerprint density at radius 2 is 1.94 bits per heavy atom. The lowest BCUT2D eigenvalue weighted by Gasteiger charge is -2.04. The first kappa shape index (κ1) is 15.0. The second-order valence-electron chi connectivity index (χ2n) is 3.76. The second kappa shape index (κ2) is 7.39. The van der Waals surface area contributed by atoms with Crippen LogP contribution in [-0.4, -0.2) is 18.4 Å². The summed E-state index contributed by atoms with van der Waals surface area (Å²) in [4.78, 5) is 22.8. The number of carbonyl (C=O) groups excluding carboxylic acids is 2. The molecule has 3 nitrogen and oxygen atoms in total. The highest BCUT2D eigenvalue weighted by Crippen LogP contribution is 2.21. The second-order valence-corrected chi connectivity index (χ2v) is 4.60. The summed E-state index contributed by atoms with van der Waals surface area (Å²) in [5.74, 6) is -0.421. The van der Waals surface area contributed by atoms with E-state index >= 15 is 0 Å². The predicted octanol–water partition coefficient (Wildman–Crippen LogP) is 3.45. The topological polar surface area (TPSA) is 43.4 Å². The third-order valence-corrected chi connectivity index (χ3v) is 2.91. The van der Waals surface area contributed by atoms with Gasteiger partial charge in [-0.1, -0.05) is 23.2 Å². The monoisotopic (exact) mass is 288 g/mol. The maximum absolute atomic E-state index is 11.7. The average Bonchev–Trinajstić information content (AvgIpc) is 2.32. The highest BCUT2D eigenvalue weighted by Gasteiger charge is 2.10. The minimum Gasteiger partial charge on any atom is -0.466 e. The smallest absolute Gasteiger partial charge is 0.306 e. The van der Waals surface area contributed by atoms with Gasteiger partial charge in [-0.2, -0.15) is 0 Å². The van der Waals surface area contributed by atoms with Gasteiger partial charge in [-0.25, -0.2) is 0 Å². The molecule has 0 fully saturated rings. The summed E-state index contributed by atoms with van der Waals surface area (Å²) in [5.41, 5.74) is 0.679. The van der Waals surface area contributed by atoms with Gasteiger partial charge >= 0.3 is 5.97 Å². The van der Waals surface area contributed by atoms with Crippen molar-refractivity contribution in [2.24, 2.45) is 0 Å². The van der Waals surface area contributed by atoms with Crippen molar-refractivity contribution < 1.29 is 14.3 Å². The summed E-state index contributed by atoms with van der Waals surface area (Å²) in [6, 6.07) is 4.97. The van der Waals surface area contributed by atoms with E-state index in [1.54, 1.807) is 25.1 Å². The van der Waals surface area contributed by atoms with Crippen molar-refractivity contribution in [1.29, 1.82) is 0 Å². The Kier molecular flexibility index (Phi) is 6.16. The van der Waals surface area contributed by atoms with E-state index in [1.165, 1.54) is 0 Å². The van der Waals surface area contributed by atoms with Gasteiger partial charge in [0.05, 0.1) is 13.0 Å². The van der Waals surface area contributed by atoms with Crippen LogP contribution in [0.4, 0.5) is 0 Å². The Bertz CT molecular complexity index is 444. The lowest BCUT2D eigenvalue weighted by atomic mass is 10.1. The zero-order chi connectivity index (χ0) is 13.5. The third kappa shape index (κ3) is 5.07. The average molecular weight is 289 g/mol. The largest absolute Gasteiger partial charge is 0.466 e. The SMILES string of the molecule is CCOC(=O)CCC(=O)Cc1cc(Cl)ccc1Cl. The number of ketones is 1. The number of hydrogen-bond donors (Lipinski definition) is 0. The molecule has 1 aromatic carbocycles. The van der Waals surface area contributed by atoms with Crippen LogP contribution >= 0.6 is 23.2 Å². The summed E-state index contributed by atoms with van der Waals surface area (Å²) >= 11 is 11.8. The molecule has 0 spiro atoms. The molecule has 0 aromatic heterocycles. The van der Waals surface area contributed by atoms with Gasteiger partial charge in [0.2, 0.25) is 0 Å². The Labute approximate surface area is 116 Å². The van der Waals surface area contributed by atoms with Crippen molar-refractivity contribution in [2.45, 2.75) is 26.2 Å². The highest BCUT2D eigenvalue weighted by molar-refractivity contribution is 6.33. The number of benzene rings is 1. The summed E-state index contributed by atoms with van der Waals surface area (Å²) in [5, 5.41) is 1.04. The van der Waals surface area contributed by atoms with Gasteiger partial charge in [-0.05, 0) is 30.7 Å². The Morgan fingerprint density at radius 3 is 2.61 bits per heavy atom. The molecular weight excluding hydrogens is 275 g/mol. The summed E-state index contributed by atoms with van der Waals surface area (Å²) in [6.07, 6.45) is 0.436. The lowest BCUT2D eigenvalue weighted by Crippen LogP contribution is -2.09. The van der Waals surface area contributed by atoms with E-state index in [0.717, 1.165) is 0 Å². The van der Waals surface area contributed by atoms with Crippen LogP contribution in [0.15, 0.2) is 18.2 Å². The molecule has 1 rings (SSSR count). The first-order valence-electron chi connectivity index (χ1n) is 5.64. The summed E-state index contributed by atoms with van der Waals surface area (Å²) < 4.78 is 4.75. The van der Waals surface area contributed by atoms with E-state index in [0.29, 0.717) is 22.2 Å². The van der Waals surface area contributed by atoms with Gasteiger partial charge in [0.25, 0.3) is 0 Å². The molecular formula is C13H14Cl2O3. The van der Waals surface area contributed by atoms with Crippen LogP contribution in [-0.2, 0) is 20.7 Å². The van der Waals surface area contributed by atoms with E-state index in [9.17, 15) is 9.59 Å². The Hall–Kier alpha value is -1.06. The summed E-state index contributed by atoms with van der Waals surface area (Å²) in [7, 11) is 0. The molecule has 0 amide bonds. The number of Topliss-reactive ketones (excluding diaryl/α,β-unsaturated/α-hetero) is 1. The molecule has 0 aliphatic rings. The Balaban J connectivity index is 2.49. The molecule has 0 bridgehead atoms. The molecule has 0 radical (unpaired) electrons. The van der Waals surface area contributed by atoms with E-state index in [1.807, 2.05) is 0 Å². The first-order valence-corrected chi connectivity index (χ1v) is 6.39. The van der Waals surface area contributed by atoms with Gasteiger partial charge in [0, 0.05) is 22.9 Å². The van der Waals surface area contributed by atoms with Crippen molar-refractivity contribution in [1.82, 2.24) is 0 Å². The third-order valence-electron chi connectivity index (χ3n) is 2.31. The van der Waals surface area contributed by atoms with Crippen molar-refractivity contribution in [3.63, 3.8) is 0 Å². The normalized spacial score (nSPS) is 10.2. The van der Waals surface area contributed by atoms with Crippen molar-refractivity contribution in [3.05, 3.63) is 33.8 Å². The summed E-state index contributed by atoms with van der Waals surface area (Å²) in [6.45, 7) is 2.05. The number of ether oxygens (including phenoxy) is 1. The zero-order valence-electron chi connectivity index (χ0n) is 10.0. The van der Waals surface area contributed by atoms with Gasteiger partial charge in [-0.3, -0.25) is 9.59 Å². The van der Waals surface area contributed by atoms with Gasteiger partial charge < -0.3 is 4.74 Å². The molecule has 0 aliphatic carbocycles. The maximum atomic E-state index is 11.7. The van der Waals surface area contributed by atoms with Crippen molar-refractivity contribution >= 4 is 35.0 Å². The van der Waals surface area contributed by atoms with Crippen LogP contribution in [0.1, 0.15) is 25.3 Å². The van der Waals surface area contributed by atoms with Gasteiger partial charge in [-0.15, -0.1) is 0 Å². The number of rotatable bonds is 6. The molecule has 0 saturated carbocycles. The number of halogens is 2. The maximum Gasteiger partial charge on any atom is 0.306 e. The lowest BCUT2D eigenvalue weighted by molar-refractivity contribution is -0.144. The molecule has 5 heteroatoms. The van der Waals surface area contributed by atoms with Crippen LogP contribution < -0.4 is 0 Å². The first-order chi connectivity index (χ1) is 8.52. The molecule has 98 valence electrons. The van der Waals surface area contributed by atoms with E-state index in [4.69, 9.17) is 27.9 Å². The van der Waals surface area contributed by atoms with E-state index < -0.39 is 0 Å². The fourth-order valence-electron chi connectivity index (χ4n) is 1.45. The molecule has 0 aliphatic heterocycles. The molecule has 0 N–H and O–H groups in total. The fourth-order valence-corrected chi connectivity index (χ4v) is 1.83. The van der Waals surface area contributed by atoms with Gasteiger partial charge in [0.1, 0.15) is 5.78 Å². The molecule has 0 heterocycles. The molecule has 1 aromatic rings. The molecule has 0 saturated heterocycles. The van der Waals surface area contributed by atoms with E-state index in [-0.39, 0.29) is 31.0 Å². The van der Waals surface area contributed by atoms with Crippen LogP contribution in [0.5, 0.6) is 0 Å². The Morgan fingerprint density at radius 1 is 1.22 bits per heavy atom.